The first kappa shape index (κ1) is 9.30. The molecule has 0 bridgehead atoms. The lowest BCUT2D eigenvalue weighted by molar-refractivity contribution is 1.28. The maximum absolute atomic E-state index is 4.55. The number of thiazole rings is 1. The summed E-state index contributed by atoms with van der Waals surface area (Å²) in [6.07, 6.45) is 3.68. The average molecular weight is 227 g/mol. The number of pyridine rings is 1. The highest BCUT2D eigenvalue weighted by Crippen LogP contribution is 2.26. The average Bonchev–Trinajstić information content (AvgIpc) is 3.01. The van der Waals surface area contributed by atoms with Gasteiger partial charge in [-0.2, -0.15) is 0 Å². The lowest BCUT2D eigenvalue weighted by atomic mass is 10.3. The molecule has 0 saturated heterocycles. The summed E-state index contributed by atoms with van der Waals surface area (Å²) in [6.45, 7) is 0. The summed E-state index contributed by atoms with van der Waals surface area (Å²) in [4.78, 5) is 12.0. The molecule has 0 atom stereocenters. The fourth-order valence-corrected chi connectivity index (χ4v) is 2.29. The molecule has 0 unspecified atom stereocenters. The van der Waals surface area contributed by atoms with E-state index in [0.717, 1.165) is 22.1 Å². The largest absolute Gasteiger partial charge is 0.360 e. The summed E-state index contributed by atoms with van der Waals surface area (Å²) in [5.41, 5.74) is 2.93. The van der Waals surface area contributed by atoms with Crippen LogP contribution >= 0.6 is 11.3 Å². The summed E-state index contributed by atoms with van der Waals surface area (Å²) in [7, 11) is 0. The zero-order chi connectivity index (χ0) is 10.8. The number of H-pyrrole nitrogens is 1. The van der Waals surface area contributed by atoms with Gasteiger partial charge in [-0.15, -0.1) is 11.3 Å². The lowest BCUT2D eigenvalue weighted by Crippen LogP contribution is -1.81. The standard InChI is InChI=1S/C12H9N3S/c1-2-6-14-10(4-1)12-15-11(8-16-12)9-5-3-7-13-9/h1-8,13H. The molecular formula is C12H9N3S. The van der Waals surface area contributed by atoms with Crippen LogP contribution in [0.15, 0.2) is 48.1 Å². The highest BCUT2D eigenvalue weighted by molar-refractivity contribution is 7.13. The van der Waals surface area contributed by atoms with Gasteiger partial charge in [-0.25, -0.2) is 4.98 Å². The zero-order valence-electron chi connectivity index (χ0n) is 8.42. The first-order valence-electron chi connectivity index (χ1n) is 4.94. The van der Waals surface area contributed by atoms with Gasteiger partial charge in [-0.1, -0.05) is 6.07 Å². The van der Waals surface area contributed by atoms with Gasteiger partial charge in [0.15, 0.2) is 0 Å². The second kappa shape index (κ2) is 3.90. The van der Waals surface area contributed by atoms with Gasteiger partial charge >= 0.3 is 0 Å². The molecule has 0 spiro atoms. The third-order valence-corrected chi connectivity index (χ3v) is 3.13. The number of aromatic nitrogens is 3. The maximum atomic E-state index is 4.55. The minimum Gasteiger partial charge on any atom is -0.360 e. The number of rotatable bonds is 2. The molecule has 3 rings (SSSR count). The van der Waals surface area contributed by atoms with Crippen LogP contribution in [0.5, 0.6) is 0 Å². The van der Waals surface area contributed by atoms with Crippen LogP contribution < -0.4 is 0 Å². The van der Waals surface area contributed by atoms with E-state index in [1.165, 1.54) is 0 Å². The zero-order valence-corrected chi connectivity index (χ0v) is 9.24. The molecule has 0 saturated carbocycles. The van der Waals surface area contributed by atoms with Crippen molar-refractivity contribution in [3.63, 3.8) is 0 Å². The van der Waals surface area contributed by atoms with E-state index in [0.29, 0.717) is 0 Å². The van der Waals surface area contributed by atoms with E-state index < -0.39 is 0 Å². The number of hydrogen-bond donors (Lipinski definition) is 1. The van der Waals surface area contributed by atoms with E-state index >= 15 is 0 Å². The monoisotopic (exact) mass is 227 g/mol. The predicted octanol–water partition coefficient (Wildman–Crippen LogP) is 3.20. The van der Waals surface area contributed by atoms with Crippen molar-refractivity contribution in [2.45, 2.75) is 0 Å². The van der Waals surface area contributed by atoms with E-state index in [2.05, 4.69) is 15.0 Å². The molecule has 4 heteroatoms. The van der Waals surface area contributed by atoms with Gasteiger partial charge < -0.3 is 4.98 Å². The van der Waals surface area contributed by atoms with E-state index in [1.807, 2.05) is 41.9 Å². The van der Waals surface area contributed by atoms with Gasteiger partial charge in [0.25, 0.3) is 0 Å². The summed E-state index contributed by atoms with van der Waals surface area (Å²) in [6, 6.07) is 9.82. The SMILES string of the molecule is c1ccc(-c2nc(-c3ccc[nH]3)cs2)nc1. The Kier molecular flexibility index (Phi) is 2.27. The number of aromatic amines is 1. The Balaban J connectivity index is 2.00. The highest BCUT2D eigenvalue weighted by atomic mass is 32.1. The van der Waals surface area contributed by atoms with Crippen LogP contribution in [0.3, 0.4) is 0 Å². The molecular weight excluding hydrogens is 218 g/mol. The first-order valence-corrected chi connectivity index (χ1v) is 5.82. The summed E-state index contributed by atoms with van der Waals surface area (Å²) >= 11 is 1.61. The number of nitrogens with zero attached hydrogens (tertiary/aromatic N) is 2. The van der Waals surface area contributed by atoms with Gasteiger partial charge in [-0.05, 0) is 24.3 Å². The van der Waals surface area contributed by atoms with Crippen LogP contribution in [0.1, 0.15) is 0 Å². The van der Waals surface area contributed by atoms with Crippen LogP contribution in [0.25, 0.3) is 22.1 Å². The molecule has 78 valence electrons. The molecule has 0 radical (unpaired) electrons. The van der Waals surface area contributed by atoms with Gasteiger partial charge in [0.05, 0.1) is 17.1 Å². The van der Waals surface area contributed by atoms with E-state index in [9.17, 15) is 0 Å². The van der Waals surface area contributed by atoms with Crippen molar-refractivity contribution in [1.82, 2.24) is 15.0 Å². The van der Waals surface area contributed by atoms with Gasteiger partial charge in [0.2, 0.25) is 0 Å². The van der Waals surface area contributed by atoms with E-state index in [4.69, 9.17) is 0 Å². The molecule has 3 nitrogen and oxygen atoms in total. The summed E-state index contributed by atoms with van der Waals surface area (Å²) in [5.74, 6) is 0. The highest BCUT2D eigenvalue weighted by Gasteiger charge is 2.06. The Morgan fingerprint density at radius 3 is 2.81 bits per heavy atom. The van der Waals surface area contributed by atoms with Crippen LogP contribution in [0, 0.1) is 0 Å². The summed E-state index contributed by atoms with van der Waals surface area (Å²) < 4.78 is 0. The molecule has 0 aromatic carbocycles. The normalized spacial score (nSPS) is 10.5. The second-order valence-corrected chi connectivity index (χ2v) is 4.19. The fourth-order valence-electron chi connectivity index (χ4n) is 1.49. The van der Waals surface area contributed by atoms with Gasteiger partial charge in [0, 0.05) is 17.8 Å². The quantitative estimate of drug-likeness (QED) is 0.730. The van der Waals surface area contributed by atoms with Crippen molar-refractivity contribution in [3.05, 3.63) is 48.1 Å². The smallest absolute Gasteiger partial charge is 0.142 e. The van der Waals surface area contributed by atoms with Crippen LogP contribution in [-0.4, -0.2) is 15.0 Å². The Labute approximate surface area is 96.8 Å². The minimum absolute atomic E-state index is 0.922. The molecule has 3 aromatic heterocycles. The molecule has 3 heterocycles. The third-order valence-electron chi connectivity index (χ3n) is 2.26. The van der Waals surface area contributed by atoms with Crippen LogP contribution in [0.2, 0.25) is 0 Å². The molecule has 0 aliphatic carbocycles. The Morgan fingerprint density at radius 2 is 2.06 bits per heavy atom. The minimum atomic E-state index is 0.922. The van der Waals surface area contributed by atoms with Crippen molar-refractivity contribution < 1.29 is 0 Å². The molecule has 1 N–H and O–H groups in total. The maximum Gasteiger partial charge on any atom is 0.142 e. The molecule has 0 aliphatic heterocycles. The van der Waals surface area contributed by atoms with Crippen LogP contribution in [-0.2, 0) is 0 Å². The Morgan fingerprint density at radius 1 is 1.06 bits per heavy atom. The molecule has 0 amide bonds. The molecule has 0 fully saturated rings. The topological polar surface area (TPSA) is 41.6 Å². The molecule has 0 aliphatic rings. The van der Waals surface area contributed by atoms with E-state index in [-0.39, 0.29) is 0 Å². The van der Waals surface area contributed by atoms with Crippen molar-refractivity contribution in [2.75, 3.05) is 0 Å². The fraction of sp³-hybridized carbons (Fsp3) is 0. The predicted molar refractivity (Wildman–Crippen MR) is 65.1 cm³/mol. The lowest BCUT2D eigenvalue weighted by Gasteiger charge is -1.92. The van der Waals surface area contributed by atoms with E-state index in [1.54, 1.807) is 17.5 Å². The molecule has 3 aromatic rings. The number of hydrogen-bond acceptors (Lipinski definition) is 3. The Hall–Kier alpha value is -1.94. The van der Waals surface area contributed by atoms with Gasteiger partial charge in [0.1, 0.15) is 5.01 Å². The second-order valence-electron chi connectivity index (χ2n) is 3.34. The van der Waals surface area contributed by atoms with Crippen molar-refractivity contribution >= 4 is 11.3 Å². The van der Waals surface area contributed by atoms with Crippen molar-refractivity contribution in [2.24, 2.45) is 0 Å². The first-order chi connectivity index (χ1) is 7.93. The number of nitrogens with one attached hydrogen (secondary N) is 1. The Bertz CT molecular complexity index is 569. The molecule has 16 heavy (non-hydrogen) atoms. The van der Waals surface area contributed by atoms with Crippen molar-refractivity contribution in [3.8, 4) is 22.1 Å². The summed E-state index contributed by atoms with van der Waals surface area (Å²) in [5, 5.41) is 2.99. The third kappa shape index (κ3) is 1.63. The van der Waals surface area contributed by atoms with Gasteiger partial charge in [-0.3, -0.25) is 4.98 Å². The van der Waals surface area contributed by atoms with Crippen molar-refractivity contribution in [1.29, 1.82) is 0 Å². The van der Waals surface area contributed by atoms with Crippen LogP contribution in [0.4, 0.5) is 0 Å².